The minimum absolute atomic E-state index is 0.00287. The number of aliphatic carboxylic acids is 1. The third kappa shape index (κ3) is 4.45. The monoisotopic (exact) mass is 287 g/mol. The highest BCUT2D eigenvalue weighted by atomic mass is 16.4. The molecule has 0 bridgehead atoms. The number of amides is 1. The SMILES string of the molecule is Cc1ccc(C=CC(=O)NC2(CC(=O)O)CCCC2)cc1. The highest BCUT2D eigenvalue weighted by Crippen LogP contribution is 2.32. The fraction of sp³-hybridized carbons (Fsp3) is 0.412. The zero-order chi connectivity index (χ0) is 15.3. The van der Waals surface area contributed by atoms with Crippen molar-refractivity contribution in [2.75, 3.05) is 0 Å². The van der Waals surface area contributed by atoms with Gasteiger partial charge in [-0.1, -0.05) is 42.7 Å². The van der Waals surface area contributed by atoms with E-state index in [1.54, 1.807) is 6.08 Å². The quantitative estimate of drug-likeness (QED) is 0.818. The molecule has 1 aliphatic rings. The van der Waals surface area contributed by atoms with Gasteiger partial charge in [0.2, 0.25) is 5.91 Å². The molecule has 112 valence electrons. The number of benzene rings is 1. The predicted molar refractivity (Wildman–Crippen MR) is 81.8 cm³/mol. The molecule has 4 nitrogen and oxygen atoms in total. The molecular weight excluding hydrogens is 266 g/mol. The van der Waals surface area contributed by atoms with E-state index in [2.05, 4.69) is 5.32 Å². The van der Waals surface area contributed by atoms with E-state index in [1.165, 1.54) is 11.6 Å². The van der Waals surface area contributed by atoms with E-state index in [9.17, 15) is 9.59 Å². The number of carbonyl (C=O) groups is 2. The summed E-state index contributed by atoms with van der Waals surface area (Å²) < 4.78 is 0. The topological polar surface area (TPSA) is 66.4 Å². The number of carboxylic acids is 1. The molecule has 0 saturated heterocycles. The van der Waals surface area contributed by atoms with Gasteiger partial charge in [-0.2, -0.15) is 0 Å². The molecule has 1 aromatic rings. The molecule has 0 aliphatic heterocycles. The maximum Gasteiger partial charge on any atom is 0.305 e. The van der Waals surface area contributed by atoms with Crippen LogP contribution >= 0.6 is 0 Å². The molecule has 1 aromatic carbocycles. The standard InChI is InChI=1S/C17H21NO3/c1-13-4-6-14(7-5-13)8-9-15(19)18-17(12-16(20)21)10-2-3-11-17/h4-9H,2-3,10-12H2,1H3,(H,18,19)(H,20,21). The van der Waals surface area contributed by atoms with Gasteiger partial charge in [0.25, 0.3) is 0 Å². The van der Waals surface area contributed by atoms with E-state index < -0.39 is 11.5 Å². The summed E-state index contributed by atoms with van der Waals surface area (Å²) in [6, 6.07) is 7.87. The molecule has 0 spiro atoms. The minimum Gasteiger partial charge on any atom is -0.481 e. The van der Waals surface area contributed by atoms with E-state index in [0.29, 0.717) is 0 Å². The van der Waals surface area contributed by atoms with Crippen molar-refractivity contribution in [1.29, 1.82) is 0 Å². The molecule has 21 heavy (non-hydrogen) atoms. The Kier molecular flexibility index (Phi) is 4.78. The molecule has 4 heteroatoms. The molecule has 1 fully saturated rings. The normalized spacial score (nSPS) is 17.0. The van der Waals surface area contributed by atoms with Gasteiger partial charge in [-0.05, 0) is 31.4 Å². The van der Waals surface area contributed by atoms with Gasteiger partial charge in [-0.3, -0.25) is 9.59 Å². The first kappa shape index (κ1) is 15.3. The Labute approximate surface area is 124 Å². The zero-order valence-electron chi connectivity index (χ0n) is 12.3. The van der Waals surface area contributed by atoms with Gasteiger partial charge in [-0.15, -0.1) is 0 Å². The molecule has 0 unspecified atom stereocenters. The van der Waals surface area contributed by atoms with E-state index in [4.69, 9.17) is 5.11 Å². The maximum atomic E-state index is 12.0. The van der Waals surface area contributed by atoms with Crippen LogP contribution in [0, 0.1) is 6.92 Å². The van der Waals surface area contributed by atoms with E-state index in [-0.39, 0.29) is 12.3 Å². The lowest BCUT2D eigenvalue weighted by atomic mass is 9.93. The lowest BCUT2D eigenvalue weighted by Crippen LogP contribution is -2.47. The molecule has 0 atom stereocenters. The van der Waals surface area contributed by atoms with Crippen LogP contribution in [0.2, 0.25) is 0 Å². The maximum absolute atomic E-state index is 12.0. The summed E-state index contributed by atoms with van der Waals surface area (Å²) in [5.41, 5.74) is 1.55. The van der Waals surface area contributed by atoms with Gasteiger partial charge in [0.1, 0.15) is 0 Å². The number of nitrogens with one attached hydrogen (secondary N) is 1. The first-order valence-electron chi connectivity index (χ1n) is 7.28. The Morgan fingerprint density at radius 3 is 2.43 bits per heavy atom. The van der Waals surface area contributed by atoms with Crippen molar-refractivity contribution in [1.82, 2.24) is 5.32 Å². The molecular formula is C17H21NO3. The third-order valence-corrected chi connectivity index (χ3v) is 3.94. The smallest absolute Gasteiger partial charge is 0.305 e. The number of aryl methyl sites for hydroxylation is 1. The van der Waals surface area contributed by atoms with Crippen LogP contribution in [-0.2, 0) is 9.59 Å². The Bertz CT molecular complexity index is 540. The highest BCUT2D eigenvalue weighted by Gasteiger charge is 2.36. The second kappa shape index (κ2) is 6.57. The first-order valence-corrected chi connectivity index (χ1v) is 7.28. The Balaban J connectivity index is 1.99. The van der Waals surface area contributed by atoms with Crippen molar-refractivity contribution >= 4 is 18.0 Å². The van der Waals surface area contributed by atoms with Gasteiger partial charge in [0.15, 0.2) is 0 Å². The van der Waals surface area contributed by atoms with Crippen LogP contribution in [0.15, 0.2) is 30.3 Å². The van der Waals surface area contributed by atoms with Crippen LogP contribution in [-0.4, -0.2) is 22.5 Å². The summed E-state index contributed by atoms with van der Waals surface area (Å²) in [5, 5.41) is 11.9. The summed E-state index contributed by atoms with van der Waals surface area (Å²) in [6.45, 7) is 2.01. The number of rotatable bonds is 5. The van der Waals surface area contributed by atoms with Gasteiger partial charge < -0.3 is 10.4 Å². The summed E-state index contributed by atoms with van der Waals surface area (Å²) in [4.78, 5) is 23.0. The van der Waals surface area contributed by atoms with Crippen molar-refractivity contribution < 1.29 is 14.7 Å². The van der Waals surface area contributed by atoms with Crippen LogP contribution in [0.25, 0.3) is 6.08 Å². The molecule has 1 amide bonds. The first-order chi connectivity index (χ1) is 9.99. The Hall–Kier alpha value is -2.10. The van der Waals surface area contributed by atoms with Crippen LogP contribution in [0.1, 0.15) is 43.2 Å². The molecule has 0 radical (unpaired) electrons. The number of carboxylic acid groups (broad SMARTS) is 1. The summed E-state index contributed by atoms with van der Waals surface area (Å²) >= 11 is 0. The van der Waals surface area contributed by atoms with E-state index in [0.717, 1.165) is 31.2 Å². The number of hydrogen-bond donors (Lipinski definition) is 2. The Morgan fingerprint density at radius 2 is 1.86 bits per heavy atom. The van der Waals surface area contributed by atoms with Gasteiger partial charge in [0, 0.05) is 6.08 Å². The largest absolute Gasteiger partial charge is 0.481 e. The third-order valence-electron chi connectivity index (χ3n) is 3.94. The second-order valence-corrected chi connectivity index (χ2v) is 5.79. The van der Waals surface area contributed by atoms with Crippen molar-refractivity contribution in [2.24, 2.45) is 0 Å². The summed E-state index contributed by atoms with van der Waals surface area (Å²) in [5.74, 6) is -1.08. The molecule has 1 aliphatic carbocycles. The highest BCUT2D eigenvalue weighted by molar-refractivity contribution is 5.92. The molecule has 0 heterocycles. The second-order valence-electron chi connectivity index (χ2n) is 5.79. The lowest BCUT2D eigenvalue weighted by molar-refractivity contribution is -0.139. The average Bonchev–Trinajstić information content (AvgIpc) is 2.85. The fourth-order valence-corrected chi connectivity index (χ4v) is 2.84. The molecule has 2 rings (SSSR count). The lowest BCUT2D eigenvalue weighted by Gasteiger charge is -2.28. The number of hydrogen-bond acceptors (Lipinski definition) is 2. The van der Waals surface area contributed by atoms with Gasteiger partial charge in [0.05, 0.1) is 12.0 Å². The number of carbonyl (C=O) groups excluding carboxylic acids is 1. The van der Waals surface area contributed by atoms with Crippen LogP contribution in [0.3, 0.4) is 0 Å². The summed E-state index contributed by atoms with van der Waals surface area (Å²) in [6.07, 6.45) is 6.64. The van der Waals surface area contributed by atoms with Crippen molar-refractivity contribution in [3.63, 3.8) is 0 Å². The van der Waals surface area contributed by atoms with E-state index in [1.807, 2.05) is 31.2 Å². The Morgan fingerprint density at radius 1 is 1.24 bits per heavy atom. The van der Waals surface area contributed by atoms with Crippen molar-refractivity contribution in [3.05, 3.63) is 41.5 Å². The predicted octanol–water partition coefficient (Wildman–Crippen LogP) is 2.91. The average molecular weight is 287 g/mol. The molecule has 0 aromatic heterocycles. The van der Waals surface area contributed by atoms with Crippen LogP contribution in [0.4, 0.5) is 0 Å². The summed E-state index contributed by atoms with van der Waals surface area (Å²) in [7, 11) is 0. The van der Waals surface area contributed by atoms with Gasteiger partial charge >= 0.3 is 5.97 Å². The molecule has 1 saturated carbocycles. The van der Waals surface area contributed by atoms with E-state index >= 15 is 0 Å². The van der Waals surface area contributed by atoms with Crippen LogP contribution < -0.4 is 5.32 Å². The minimum atomic E-state index is -0.861. The van der Waals surface area contributed by atoms with Gasteiger partial charge in [-0.25, -0.2) is 0 Å². The fourth-order valence-electron chi connectivity index (χ4n) is 2.84. The molecule has 2 N–H and O–H groups in total. The van der Waals surface area contributed by atoms with Crippen molar-refractivity contribution in [2.45, 2.75) is 44.6 Å². The van der Waals surface area contributed by atoms with Crippen LogP contribution in [0.5, 0.6) is 0 Å². The van der Waals surface area contributed by atoms with Crippen molar-refractivity contribution in [3.8, 4) is 0 Å². The zero-order valence-corrected chi connectivity index (χ0v) is 12.3.